The van der Waals surface area contributed by atoms with Gasteiger partial charge in [-0.3, -0.25) is 4.99 Å². The van der Waals surface area contributed by atoms with Gasteiger partial charge in [-0.05, 0) is 38.5 Å². The molecule has 0 bridgehead atoms. The Bertz CT molecular complexity index is 240. The van der Waals surface area contributed by atoms with Crippen LogP contribution in [0.15, 0.2) is 4.99 Å². The van der Waals surface area contributed by atoms with Gasteiger partial charge in [0.25, 0.3) is 0 Å². The molecule has 0 saturated heterocycles. The van der Waals surface area contributed by atoms with E-state index in [1.165, 1.54) is 51.4 Å². The van der Waals surface area contributed by atoms with Crippen molar-refractivity contribution in [3.05, 3.63) is 0 Å². The Morgan fingerprint density at radius 2 is 1.94 bits per heavy atom. The van der Waals surface area contributed by atoms with Crippen molar-refractivity contribution in [2.45, 2.75) is 64.3 Å². The molecule has 3 heteroatoms. The lowest BCUT2D eigenvalue weighted by molar-refractivity contribution is 0.609. The van der Waals surface area contributed by atoms with E-state index < -0.39 is 0 Å². The van der Waals surface area contributed by atoms with Gasteiger partial charge in [-0.1, -0.05) is 25.7 Å². The second-order valence-electron chi connectivity index (χ2n) is 5.47. The normalized spacial score (nSPS) is 21.8. The molecule has 0 atom stereocenters. The van der Waals surface area contributed by atoms with Crippen LogP contribution in [0.3, 0.4) is 0 Å². The summed E-state index contributed by atoms with van der Waals surface area (Å²) in [4.78, 5) is 4.67. The van der Waals surface area contributed by atoms with Crippen molar-refractivity contribution in [1.82, 2.24) is 10.6 Å². The number of aliphatic imine (C=N–C) groups is 1. The highest BCUT2D eigenvalue weighted by molar-refractivity contribution is 5.80. The molecular formula is C14H27N3. The molecule has 2 aliphatic carbocycles. The van der Waals surface area contributed by atoms with Gasteiger partial charge in [0.15, 0.2) is 5.96 Å². The first kappa shape index (κ1) is 12.7. The maximum absolute atomic E-state index is 4.67. The van der Waals surface area contributed by atoms with Crippen LogP contribution >= 0.6 is 0 Å². The molecule has 0 spiro atoms. The average Bonchev–Trinajstić information content (AvgIpc) is 3.01. The van der Waals surface area contributed by atoms with Crippen LogP contribution in [0.25, 0.3) is 0 Å². The molecule has 2 N–H and O–H groups in total. The second-order valence-corrected chi connectivity index (χ2v) is 5.47. The van der Waals surface area contributed by atoms with Crippen LogP contribution in [-0.4, -0.2) is 25.1 Å². The van der Waals surface area contributed by atoms with Crippen LogP contribution in [0.2, 0.25) is 0 Å². The number of hydrogen-bond donors (Lipinski definition) is 2. The van der Waals surface area contributed by atoms with E-state index in [-0.39, 0.29) is 0 Å². The molecule has 98 valence electrons. The van der Waals surface area contributed by atoms with Crippen LogP contribution in [0.1, 0.15) is 58.3 Å². The Morgan fingerprint density at radius 3 is 2.59 bits per heavy atom. The van der Waals surface area contributed by atoms with Crippen LogP contribution < -0.4 is 10.6 Å². The minimum atomic E-state index is 0.663. The summed E-state index contributed by atoms with van der Waals surface area (Å²) in [6, 6.07) is 0.663. The maximum atomic E-state index is 4.67. The lowest BCUT2D eigenvalue weighted by Crippen LogP contribution is -2.42. The number of guanidine groups is 1. The highest BCUT2D eigenvalue weighted by Crippen LogP contribution is 2.33. The summed E-state index contributed by atoms with van der Waals surface area (Å²) in [6.45, 7) is 4.08. The molecule has 0 radical (unpaired) electrons. The SMILES string of the molecule is CCNC(=NCCCC1CC1)NC1CCCC1. The standard InChI is InChI=1S/C14H27N3/c1-2-15-14(17-13-7-3-4-8-13)16-11-5-6-12-9-10-12/h12-13H,2-11H2,1H3,(H2,15,16,17). The molecule has 0 amide bonds. The number of nitrogens with zero attached hydrogens (tertiary/aromatic N) is 1. The lowest BCUT2D eigenvalue weighted by Gasteiger charge is -2.16. The zero-order chi connectivity index (χ0) is 11.9. The number of nitrogens with one attached hydrogen (secondary N) is 2. The summed E-state index contributed by atoms with van der Waals surface area (Å²) in [7, 11) is 0. The van der Waals surface area contributed by atoms with Gasteiger partial charge in [0.2, 0.25) is 0 Å². The van der Waals surface area contributed by atoms with E-state index in [0.29, 0.717) is 6.04 Å². The monoisotopic (exact) mass is 237 g/mol. The first-order valence-corrected chi connectivity index (χ1v) is 7.43. The van der Waals surface area contributed by atoms with Crippen molar-refractivity contribution in [3.8, 4) is 0 Å². The van der Waals surface area contributed by atoms with E-state index in [9.17, 15) is 0 Å². The van der Waals surface area contributed by atoms with Crippen LogP contribution in [-0.2, 0) is 0 Å². The fourth-order valence-corrected chi connectivity index (χ4v) is 2.56. The minimum absolute atomic E-state index is 0.663. The van der Waals surface area contributed by atoms with E-state index in [1.54, 1.807) is 0 Å². The summed E-state index contributed by atoms with van der Waals surface area (Å²) in [5.41, 5.74) is 0. The molecule has 0 aromatic heterocycles. The highest BCUT2D eigenvalue weighted by Gasteiger charge is 2.20. The van der Waals surface area contributed by atoms with Gasteiger partial charge in [-0.2, -0.15) is 0 Å². The van der Waals surface area contributed by atoms with Crippen molar-refractivity contribution >= 4 is 5.96 Å². The molecule has 0 aromatic carbocycles. The quantitative estimate of drug-likeness (QED) is 0.423. The minimum Gasteiger partial charge on any atom is -0.357 e. The largest absolute Gasteiger partial charge is 0.357 e. The molecular weight excluding hydrogens is 210 g/mol. The molecule has 0 unspecified atom stereocenters. The smallest absolute Gasteiger partial charge is 0.191 e. The Balaban J connectivity index is 1.66. The molecule has 2 saturated carbocycles. The van der Waals surface area contributed by atoms with Crippen molar-refractivity contribution in [2.24, 2.45) is 10.9 Å². The van der Waals surface area contributed by atoms with Gasteiger partial charge in [0, 0.05) is 19.1 Å². The Hall–Kier alpha value is -0.730. The number of rotatable bonds is 6. The van der Waals surface area contributed by atoms with E-state index in [0.717, 1.165) is 25.0 Å². The van der Waals surface area contributed by atoms with Crippen molar-refractivity contribution < 1.29 is 0 Å². The fourth-order valence-electron chi connectivity index (χ4n) is 2.56. The van der Waals surface area contributed by atoms with Crippen LogP contribution in [0, 0.1) is 5.92 Å². The van der Waals surface area contributed by atoms with Gasteiger partial charge in [-0.25, -0.2) is 0 Å². The zero-order valence-corrected chi connectivity index (χ0v) is 11.2. The molecule has 0 heterocycles. The third-order valence-corrected chi connectivity index (χ3v) is 3.78. The van der Waals surface area contributed by atoms with Crippen LogP contribution in [0.4, 0.5) is 0 Å². The first-order chi connectivity index (χ1) is 8.38. The van der Waals surface area contributed by atoms with E-state index in [2.05, 4.69) is 22.5 Å². The van der Waals surface area contributed by atoms with Crippen molar-refractivity contribution in [1.29, 1.82) is 0 Å². The Morgan fingerprint density at radius 1 is 1.18 bits per heavy atom. The summed E-state index contributed by atoms with van der Waals surface area (Å²) < 4.78 is 0. The molecule has 2 aliphatic rings. The van der Waals surface area contributed by atoms with E-state index in [1.807, 2.05) is 0 Å². The zero-order valence-electron chi connectivity index (χ0n) is 11.2. The van der Waals surface area contributed by atoms with Gasteiger partial charge in [0.05, 0.1) is 0 Å². The summed E-state index contributed by atoms with van der Waals surface area (Å²) >= 11 is 0. The lowest BCUT2D eigenvalue weighted by atomic mass is 10.2. The summed E-state index contributed by atoms with van der Waals surface area (Å²) in [5, 5.41) is 6.91. The van der Waals surface area contributed by atoms with Gasteiger partial charge < -0.3 is 10.6 Å². The fraction of sp³-hybridized carbons (Fsp3) is 0.929. The van der Waals surface area contributed by atoms with Crippen molar-refractivity contribution in [2.75, 3.05) is 13.1 Å². The predicted molar refractivity (Wildman–Crippen MR) is 73.3 cm³/mol. The van der Waals surface area contributed by atoms with Gasteiger partial charge in [0.1, 0.15) is 0 Å². The summed E-state index contributed by atoms with van der Waals surface area (Å²) in [5.74, 6) is 2.07. The third-order valence-electron chi connectivity index (χ3n) is 3.78. The van der Waals surface area contributed by atoms with E-state index in [4.69, 9.17) is 0 Å². The molecule has 17 heavy (non-hydrogen) atoms. The molecule has 2 fully saturated rings. The second kappa shape index (κ2) is 6.87. The van der Waals surface area contributed by atoms with Gasteiger partial charge in [-0.15, -0.1) is 0 Å². The predicted octanol–water partition coefficient (Wildman–Crippen LogP) is 2.67. The number of hydrogen-bond acceptors (Lipinski definition) is 1. The molecule has 0 aromatic rings. The van der Waals surface area contributed by atoms with E-state index >= 15 is 0 Å². The maximum Gasteiger partial charge on any atom is 0.191 e. The van der Waals surface area contributed by atoms with Crippen LogP contribution in [0.5, 0.6) is 0 Å². The summed E-state index contributed by atoms with van der Waals surface area (Å²) in [6.07, 6.45) is 10.9. The topological polar surface area (TPSA) is 36.4 Å². The van der Waals surface area contributed by atoms with Crippen molar-refractivity contribution in [3.63, 3.8) is 0 Å². The Labute approximate surface area is 105 Å². The average molecular weight is 237 g/mol. The highest BCUT2D eigenvalue weighted by atomic mass is 15.2. The Kier molecular flexibility index (Phi) is 5.14. The molecule has 3 nitrogen and oxygen atoms in total. The third kappa shape index (κ3) is 4.97. The first-order valence-electron chi connectivity index (χ1n) is 7.43. The molecule has 2 rings (SSSR count). The van der Waals surface area contributed by atoms with Gasteiger partial charge >= 0.3 is 0 Å². The molecule has 0 aliphatic heterocycles.